The molecule has 0 bridgehead atoms. The molecule has 1 atom stereocenters. The number of nitrogen functional groups attached to an aromatic ring is 1. The van der Waals surface area contributed by atoms with E-state index in [9.17, 15) is 8.42 Å². The van der Waals surface area contributed by atoms with Crippen LogP contribution < -0.4 is 10.5 Å². The summed E-state index contributed by atoms with van der Waals surface area (Å²) in [6.07, 6.45) is 0.748. The molecule has 5 nitrogen and oxygen atoms in total. The van der Waals surface area contributed by atoms with Gasteiger partial charge in [0.1, 0.15) is 0 Å². The Morgan fingerprint density at radius 2 is 2.05 bits per heavy atom. The summed E-state index contributed by atoms with van der Waals surface area (Å²) in [6, 6.07) is 4.48. The quantitative estimate of drug-likeness (QED) is 0.765. The molecule has 0 amide bonds. The van der Waals surface area contributed by atoms with Crippen LogP contribution in [0.4, 0.5) is 5.69 Å². The van der Waals surface area contributed by atoms with Gasteiger partial charge in [-0.2, -0.15) is 0 Å². The molecule has 1 aromatic carbocycles. The first-order valence-corrected chi connectivity index (χ1v) is 8.22. The molecule has 19 heavy (non-hydrogen) atoms. The molecule has 3 N–H and O–H groups in total. The SMILES string of the molecule is CC(CCN(C)C)NS(=O)(=O)c1ccc(Br)c(N)c1. The Kier molecular flexibility index (Phi) is 5.79. The van der Waals surface area contributed by atoms with Crippen LogP contribution in [0.5, 0.6) is 0 Å². The number of hydrogen-bond donors (Lipinski definition) is 2. The summed E-state index contributed by atoms with van der Waals surface area (Å²) in [7, 11) is 0.394. The number of nitrogens with two attached hydrogens (primary N) is 1. The van der Waals surface area contributed by atoms with E-state index >= 15 is 0 Å². The molecular weight excluding hydrogens is 330 g/mol. The third-order valence-corrected chi connectivity index (χ3v) is 4.95. The van der Waals surface area contributed by atoms with Crippen molar-refractivity contribution in [3.8, 4) is 0 Å². The zero-order valence-corrected chi connectivity index (χ0v) is 13.8. The zero-order chi connectivity index (χ0) is 14.6. The highest BCUT2D eigenvalue weighted by atomic mass is 79.9. The Morgan fingerprint density at radius 3 is 2.58 bits per heavy atom. The smallest absolute Gasteiger partial charge is 0.240 e. The van der Waals surface area contributed by atoms with E-state index in [-0.39, 0.29) is 10.9 Å². The molecule has 0 saturated heterocycles. The molecule has 0 spiro atoms. The summed E-state index contributed by atoms with van der Waals surface area (Å²) >= 11 is 3.24. The van der Waals surface area contributed by atoms with Crippen LogP contribution in [-0.4, -0.2) is 40.0 Å². The molecular formula is C12H20BrN3O2S. The number of halogens is 1. The number of benzene rings is 1. The van der Waals surface area contributed by atoms with Gasteiger partial charge < -0.3 is 10.6 Å². The van der Waals surface area contributed by atoms with Gasteiger partial charge in [-0.3, -0.25) is 0 Å². The van der Waals surface area contributed by atoms with Crippen molar-refractivity contribution < 1.29 is 8.42 Å². The van der Waals surface area contributed by atoms with Crippen molar-refractivity contribution in [2.24, 2.45) is 0 Å². The average molecular weight is 350 g/mol. The lowest BCUT2D eigenvalue weighted by Gasteiger charge is -2.17. The first-order valence-electron chi connectivity index (χ1n) is 5.94. The van der Waals surface area contributed by atoms with Crippen LogP contribution in [0.3, 0.4) is 0 Å². The fourth-order valence-electron chi connectivity index (χ4n) is 1.53. The van der Waals surface area contributed by atoms with Crippen LogP contribution in [-0.2, 0) is 10.0 Å². The number of nitrogens with one attached hydrogen (secondary N) is 1. The third-order valence-electron chi connectivity index (χ3n) is 2.64. The van der Waals surface area contributed by atoms with Crippen molar-refractivity contribution in [2.45, 2.75) is 24.3 Å². The predicted octanol–water partition coefficient (Wildman–Crippen LogP) is 1.65. The molecule has 0 fully saturated rings. The molecule has 1 aromatic rings. The number of hydrogen-bond acceptors (Lipinski definition) is 4. The number of anilines is 1. The van der Waals surface area contributed by atoms with Gasteiger partial charge in [-0.1, -0.05) is 0 Å². The van der Waals surface area contributed by atoms with Crippen LogP contribution in [0, 0.1) is 0 Å². The van der Waals surface area contributed by atoms with Crippen molar-refractivity contribution in [3.05, 3.63) is 22.7 Å². The molecule has 108 valence electrons. The fourth-order valence-corrected chi connectivity index (χ4v) is 3.09. The van der Waals surface area contributed by atoms with Crippen LogP contribution in [0.1, 0.15) is 13.3 Å². The normalized spacial score (nSPS) is 13.7. The Labute approximate surface area is 123 Å². The molecule has 0 heterocycles. The van der Waals surface area contributed by atoms with Gasteiger partial charge in [0.25, 0.3) is 0 Å². The minimum absolute atomic E-state index is 0.128. The Balaban J connectivity index is 2.77. The minimum Gasteiger partial charge on any atom is -0.398 e. The van der Waals surface area contributed by atoms with Crippen LogP contribution in [0.15, 0.2) is 27.6 Å². The Bertz CT molecular complexity index is 532. The fraction of sp³-hybridized carbons (Fsp3) is 0.500. The van der Waals surface area contributed by atoms with Gasteiger partial charge in [-0.25, -0.2) is 13.1 Å². The van der Waals surface area contributed by atoms with E-state index < -0.39 is 10.0 Å². The molecule has 1 rings (SSSR count). The molecule has 0 saturated carbocycles. The topological polar surface area (TPSA) is 75.4 Å². The lowest BCUT2D eigenvalue weighted by molar-refractivity contribution is 0.379. The van der Waals surface area contributed by atoms with Crippen molar-refractivity contribution in [2.75, 3.05) is 26.4 Å². The maximum absolute atomic E-state index is 12.2. The summed E-state index contributed by atoms with van der Waals surface area (Å²) in [4.78, 5) is 2.20. The summed E-state index contributed by atoms with van der Waals surface area (Å²) in [6.45, 7) is 2.68. The molecule has 0 aliphatic heterocycles. The highest BCUT2D eigenvalue weighted by Crippen LogP contribution is 2.22. The summed E-state index contributed by atoms with van der Waals surface area (Å²) in [5, 5.41) is 0. The van der Waals surface area contributed by atoms with Gasteiger partial charge in [0, 0.05) is 16.2 Å². The summed E-state index contributed by atoms with van der Waals surface area (Å²) in [5.74, 6) is 0. The minimum atomic E-state index is -3.52. The lowest BCUT2D eigenvalue weighted by atomic mass is 10.2. The highest BCUT2D eigenvalue weighted by Gasteiger charge is 2.18. The standard InChI is InChI=1S/C12H20BrN3O2S/c1-9(6-7-16(2)3)15-19(17,18)10-4-5-11(13)12(14)8-10/h4-5,8-9,15H,6-7,14H2,1-3H3. The molecule has 7 heteroatoms. The van der Waals surface area contributed by atoms with Crippen molar-refractivity contribution in [1.29, 1.82) is 0 Å². The summed E-state index contributed by atoms with van der Waals surface area (Å²) in [5.41, 5.74) is 6.11. The molecule has 0 radical (unpaired) electrons. The maximum Gasteiger partial charge on any atom is 0.240 e. The molecule has 0 aliphatic carbocycles. The van der Waals surface area contributed by atoms with Crippen molar-refractivity contribution in [3.63, 3.8) is 0 Å². The van der Waals surface area contributed by atoms with Gasteiger partial charge >= 0.3 is 0 Å². The van der Waals surface area contributed by atoms with E-state index in [1.807, 2.05) is 25.9 Å². The van der Waals surface area contributed by atoms with Crippen LogP contribution in [0.25, 0.3) is 0 Å². The van der Waals surface area contributed by atoms with E-state index in [1.54, 1.807) is 6.07 Å². The molecule has 1 unspecified atom stereocenters. The van der Waals surface area contributed by atoms with Crippen LogP contribution in [0.2, 0.25) is 0 Å². The molecule has 0 aromatic heterocycles. The lowest BCUT2D eigenvalue weighted by Crippen LogP contribution is -2.34. The van der Waals surface area contributed by atoms with E-state index in [0.717, 1.165) is 13.0 Å². The largest absolute Gasteiger partial charge is 0.398 e. The second-order valence-corrected chi connectivity index (χ2v) is 7.37. The second kappa shape index (κ2) is 6.69. The number of rotatable bonds is 6. The Morgan fingerprint density at radius 1 is 1.42 bits per heavy atom. The van der Waals surface area contributed by atoms with Gasteiger partial charge in [0.2, 0.25) is 10.0 Å². The molecule has 0 aliphatic rings. The van der Waals surface area contributed by atoms with Gasteiger partial charge in [-0.15, -0.1) is 0 Å². The van der Waals surface area contributed by atoms with Gasteiger partial charge in [0.15, 0.2) is 0 Å². The first kappa shape index (κ1) is 16.4. The van der Waals surface area contributed by atoms with Crippen molar-refractivity contribution >= 4 is 31.6 Å². The zero-order valence-electron chi connectivity index (χ0n) is 11.4. The van der Waals surface area contributed by atoms with E-state index in [2.05, 4.69) is 20.7 Å². The van der Waals surface area contributed by atoms with Gasteiger partial charge in [-0.05, 0) is 68.1 Å². The Hall–Kier alpha value is -0.630. The average Bonchev–Trinajstić information content (AvgIpc) is 2.29. The van der Waals surface area contributed by atoms with Gasteiger partial charge in [0.05, 0.1) is 4.90 Å². The predicted molar refractivity (Wildman–Crippen MR) is 81.5 cm³/mol. The highest BCUT2D eigenvalue weighted by molar-refractivity contribution is 9.10. The summed E-state index contributed by atoms with van der Waals surface area (Å²) < 4.78 is 27.6. The monoisotopic (exact) mass is 349 g/mol. The van der Waals surface area contributed by atoms with Crippen molar-refractivity contribution in [1.82, 2.24) is 9.62 Å². The third kappa shape index (κ3) is 5.10. The van der Waals surface area contributed by atoms with E-state index in [1.165, 1.54) is 12.1 Å². The first-order chi connectivity index (χ1) is 8.72. The van der Waals surface area contributed by atoms with Crippen LogP contribution >= 0.6 is 15.9 Å². The number of sulfonamides is 1. The maximum atomic E-state index is 12.2. The second-order valence-electron chi connectivity index (χ2n) is 4.80. The van der Waals surface area contributed by atoms with E-state index in [0.29, 0.717) is 10.2 Å². The van der Waals surface area contributed by atoms with E-state index in [4.69, 9.17) is 5.73 Å². The number of nitrogens with zero attached hydrogens (tertiary/aromatic N) is 1.